The molecule has 28 heavy (non-hydrogen) atoms. The van der Waals surface area contributed by atoms with Crippen molar-refractivity contribution in [3.05, 3.63) is 42.4 Å². The molecule has 2 aromatic heterocycles. The van der Waals surface area contributed by atoms with Gasteiger partial charge in [0.2, 0.25) is 5.91 Å². The molecule has 0 aliphatic carbocycles. The number of halogens is 2. The van der Waals surface area contributed by atoms with Crippen LogP contribution in [0.25, 0.3) is 11.1 Å². The number of rotatable bonds is 4. The Morgan fingerprint density at radius 2 is 2.14 bits per heavy atom. The largest absolute Gasteiger partial charge is 0.384 e. The Labute approximate surface area is 159 Å². The molecule has 1 aliphatic heterocycles. The monoisotopic (exact) mass is 386 g/mol. The number of hydrogen-bond acceptors (Lipinski definition) is 6. The van der Waals surface area contributed by atoms with E-state index >= 15 is 0 Å². The SMILES string of the molecule is N#C[C@@H]1CC(F)(F)CN1C(=O)CNC(=O)c1ccncc1-c1ccc(N)nc1. The molecule has 3 N–H and O–H groups in total. The molecule has 8 nitrogen and oxygen atoms in total. The van der Waals surface area contributed by atoms with Crippen LogP contribution in [0.15, 0.2) is 36.8 Å². The molecule has 2 amide bonds. The van der Waals surface area contributed by atoms with Crippen molar-refractivity contribution >= 4 is 17.6 Å². The van der Waals surface area contributed by atoms with E-state index in [1.807, 2.05) is 0 Å². The number of amides is 2. The molecular weight excluding hydrogens is 370 g/mol. The van der Waals surface area contributed by atoms with Gasteiger partial charge < -0.3 is 16.0 Å². The van der Waals surface area contributed by atoms with Gasteiger partial charge in [0.25, 0.3) is 11.8 Å². The summed E-state index contributed by atoms with van der Waals surface area (Å²) in [5.74, 6) is -4.12. The quantitative estimate of drug-likeness (QED) is 0.814. The van der Waals surface area contributed by atoms with E-state index in [0.29, 0.717) is 16.9 Å². The van der Waals surface area contributed by atoms with Gasteiger partial charge >= 0.3 is 0 Å². The van der Waals surface area contributed by atoms with Crippen molar-refractivity contribution < 1.29 is 18.4 Å². The van der Waals surface area contributed by atoms with Crippen LogP contribution in [-0.2, 0) is 4.79 Å². The first-order chi connectivity index (χ1) is 13.3. The van der Waals surface area contributed by atoms with Gasteiger partial charge in [-0.15, -0.1) is 0 Å². The van der Waals surface area contributed by atoms with Gasteiger partial charge in [0.05, 0.1) is 24.7 Å². The first-order valence-corrected chi connectivity index (χ1v) is 8.32. The lowest BCUT2D eigenvalue weighted by Crippen LogP contribution is -2.43. The maximum absolute atomic E-state index is 13.5. The van der Waals surface area contributed by atoms with Crippen LogP contribution in [0.4, 0.5) is 14.6 Å². The summed E-state index contributed by atoms with van der Waals surface area (Å²) >= 11 is 0. The fourth-order valence-corrected chi connectivity index (χ4v) is 2.93. The van der Waals surface area contributed by atoms with Crippen LogP contribution in [0.3, 0.4) is 0 Å². The second-order valence-electron chi connectivity index (χ2n) is 6.30. The number of alkyl halides is 2. The minimum Gasteiger partial charge on any atom is -0.384 e. The molecule has 10 heteroatoms. The number of nitrogens with one attached hydrogen (secondary N) is 1. The number of nitrogens with zero attached hydrogens (tertiary/aromatic N) is 4. The highest BCUT2D eigenvalue weighted by atomic mass is 19.3. The maximum atomic E-state index is 13.5. The fourth-order valence-electron chi connectivity index (χ4n) is 2.93. The van der Waals surface area contributed by atoms with E-state index in [2.05, 4.69) is 15.3 Å². The number of anilines is 1. The first-order valence-electron chi connectivity index (χ1n) is 8.32. The van der Waals surface area contributed by atoms with Gasteiger partial charge in [-0.2, -0.15) is 5.26 Å². The second-order valence-corrected chi connectivity index (χ2v) is 6.30. The second kappa shape index (κ2) is 7.56. The summed E-state index contributed by atoms with van der Waals surface area (Å²) < 4.78 is 26.9. The number of carbonyl (C=O) groups excluding carboxylic acids is 2. The van der Waals surface area contributed by atoms with Crippen LogP contribution in [0.2, 0.25) is 0 Å². The van der Waals surface area contributed by atoms with E-state index in [1.54, 1.807) is 18.2 Å². The lowest BCUT2D eigenvalue weighted by molar-refractivity contribution is -0.131. The fraction of sp³-hybridized carbons (Fsp3) is 0.278. The Bertz CT molecular complexity index is 942. The molecule has 0 saturated carbocycles. The lowest BCUT2D eigenvalue weighted by Gasteiger charge is -2.19. The van der Waals surface area contributed by atoms with Crippen LogP contribution < -0.4 is 11.1 Å². The summed E-state index contributed by atoms with van der Waals surface area (Å²) in [5.41, 5.74) is 6.87. The number of nitrogen functional groups attached to an aromatic ring is 1. The van der Waals surface area contributed by atoms with Crippen molar-refractivity contribution in [3.8, 4) is 17.2 Å². The molecule has 2 aromatic rings. The Hall–Kier alpha value is -3.61. The zero-order chi connectivity index (χ0) is 20.3. The Kier molecular flexibility index (Phi) is 5.17. The van der Waals surface area contributed by atoms with Crippen molar-refractivity contribution in [2.24, 2.45) is 0 Å². The van der Waals surface area contributed by atoms with Gasteiger partial charge in [0.15, 0.2) is 0 Å². The molecule has 1 saturated heterocycles. The normalized spacial score (nSPS) is 17.8. The zero-order valence-corrected chi connectivity index (χ0v) is 14.6. The smallest absolute Gasteiger partial charge is 0.268 e. The number of nitrogens with two attached hydrogens (primary N) is 1. The average Bonchev–Trinajstić information content (AvgIpc) is 3.01. The Morgan fingerprint density at radius 3 is 2.82 bits per heavy atom. The van der Waals surface area contributed by atoms with Crippen molar-refractivity contribution in [2.75, 3.05) is 18.8 Å². The van der Waals surface area contributed by atoms with E-state index in [1.165, 1.54) is 24.7 Å². The molecule has 3 rings (SSSR count). The summed E-state index contributed by atoms with van der Waals surface area (Å²) in [4.78, 5) is 33.5. The van der Waals surface area contributed by atoms with E-state index in [-0.39, 0.29) is 5.56 Å². The Balaban J connectivity index is 1.72. The molecule has 144 valence electrons. The number of aromatic nitrogens is 2. The number of nitriles is 1. The van der Waals surface area contributed by atoms with Gasteiger partial charge in [-0.3, -0.25) is 14.6 Å². The van der Waals surface area contributed by atoms with Crippen LogP contribution in [0, 0.1) is 11.3 Å². The lowest BCUT2D eigenvalue weighted by atomic mass is 10.0. The van der Waals surface area contributed by atoms with Crippen LogP contribution >= 0.6 is 0 Å². The predicted molar refractivity (Wildman–Crippen MR) is 94.9 cm³/mol. The highest BCUT2D eigenvalue weighted by molar-refractivity contribution is 6.02. The van der Waals surface area contributed by atoms with Crippen LogP contribution in [0.5, 0.6) is 0 Å². The molecular formula is C18H16F2N6O2. The van der Waals surface area contributed by atoms with Crippen molar-refractivity contribution in [1.82, 2.24) is 20.2 Å². The van der Waals surface area contributed by atoms with Gasteiger partial charge in [-0.1, -0.05) is 0 Å². The van der Waals surface area contributed by atoms with Crippen LogP contribution in [0.1, 0.15) is 16.8 Å². The third-order valence-corrected chi connectivity index (χ3v) is 4.30. The molecule has 1 fully saturated rings. The zero-order valence-electron chi connectivity index (χ0n) is 14.6. The molecule has 3 heterocycles. The van der Waals surface area contributed by atoms with E-state index in [0.717, 1.165) is 4.90 Å². The van der Waals surface area contributed by atoms with Gasteiger partial charge in [0.1, 0.15) is 11.9 Å². The van der Waals surface area contributed by atoms with E-state index in [9.17, 15) is 18.4 Å². The summed E-state index contributed by atoms with van der Waals surface area (Å²) in [5, 5.41) is 11.4. The van der Waals surface area contributed by atoms with Gasteiger partial charge in [0, 0.05) is 36.1 Å². The molecule has 0 spiro atoms. The minimum absolute atomic E-state index is 0.234. The molecule has 1 aliphatic rings. The standard InChI is InChI=1S/C18H16F2N6O2/c19-18(20)5-12(6-21)26(10-18)16(27)9-25-17(28)13-3-4-23-8-14(13)11-1-2-15(22)24-7-11/h1-4,7-8,12H,5,9-10H2,(H2,22,24)(H,25,28)/t12-/m0/s1. The average molecular weight is 386 g/mol. The number of pyridine rings is 2. The van der Waals surface area contributed by atoms with Gasteiger partial charge in [-0.25, -0.2) is 13.8 Å². The van der Waals surface area contributed by atoms with E-state index in [4.69, 9.17) is 11.0 Å². The van der Waals surface area contributed by atoms with Crippen molar-refractivity contribution in [3.63, 3.8) is 0 Å². The van der Waals surface area contributed by atoms with Crippen molar-refractivity contribution in [2.45, 2.75) is 18.4 Å². The number of likely N-dealkylation sites (tertiary alicyclic amines) is 1. The molecule has 0 unspecified atom stereocenters. The summed E-state index contributed by atoms with van der Waals surface area (Å²) in [7, 11) is 0. The summed E-state index contributed by atoms with van der Waals surface area (Å²) in [6.45, 7) is -1.34. The topological polar surface area (TPSA) is 125 Å². The number of carbonyl (C=O) groups is 2. The third-order valence-electron chi connectivity index (χ3n) is 4.30. The van der Waals surface area contributed by atoms with Gasteiger partial charge in [-0.05, 0) is 18.2 Å². The van der Waals surface area contributed by atoms with Crippen LogP contribution in [-0.4, -0.2) is 51.7 Å². The highest BCUT2D eigenvalue weighted by Gasteiger charge is 2.47. The third kappa shape index (κ3) is 4.03. The molecule has 1 atom stereocenters. The predicted octanol–water partition coefficient (Wildman–Crippen LogP) is 1.22. The summed E-state index contributed by atoms with van der Waals surface area (Å²) in [6.07, 6.45) is 3.66. The highest BCUT2D eigenvalue weighted by Crippen LogP contribution is 2.31. The molecule has 0 bridgehead atoms. The Morgan fingerprint density at radius 1 is 1.36 bits per heavy atom. The minimum atomic E-state index is -3.11. The summed E-state index contributed by atoms with van der Waals surface area (Å²) in [6, 6.07) is 5.19. The molecule has 0 aromatic carbocycles. The first kappa shape index (κ1) is 19.2. The van der Waals surface area contributed by atoms with Crippen molar-refractivity contribution in [1.29, 1.82) is 5.26 Å². The van der Waals surface area contributed by atoms with E-state index < -0.39 is 43.3 Å². The number of hydrogen-bond donors (Lipinski definition) is 2. The maximum Gasteiger partial charge on any atom is 0.268 e. The molecule has 0 radical (unpaired) electrons.